The SMILES string of the molecule is Cc1nc(-c2cccnc2)sc1-c1ccnc(Nc2ccc3c(c2)OCO3)n1. The molecule has 0 fully saturated rings. The number of benzene rings is 1. The first-order valence-electron chi connectivity index (χ1n) is 8.64. The summed E-state index contributed by atoms with van der Waals surface area (Å²) in [6, 6.07) is 11.4. The maximum Gasteiger partial charge on any atom is 0.231 e. The Hall–Kier alpha value is -3.52. The molecule has 0 bridgehead atoms. The Labute approximate surface area is 165 Å². The zero-order chi connectivity index (χ0) is 18.9. The standard InChI is InChI=1S/C20H15N5O2S/c1-12-18(28-19(23-12)13-3-2-7-21-10-13)15-6-8-22-20(25-15)24-14-4-5-16-17(9-14)27-11-26-16/h2-10H,11H2,1H3,(H,22,24,25). The van der Waals surface area contributed by atoms with Crippen LogP contribution in [0.3, 0.4) is 0 Å². The van der Waals surface area contributed by atoms with E-state index in [4.69, 9.17) is 9.47 Å². The lowest BCUT2D eigenvalue weighted by molar-refractivity contribution is 0.174. The lowest BCUT2D eigenvalue weighted by Crippen LogP contribution is -1.97. The quantitative estimate of drug-likeness (QED) is 0.552. The molecule has 0 amide bonds. The van der Waals surface area contributed by atoms with Crippen LogP contribution in [0.4, 0.5) is 11.6 Å². The van der Waals surface area contributed by atoms with Gasteiger partial charge in [0, 0.05) is 35.9 Å². The Kier molecular flexibility index (Phi) is 4.10. The van der Waals surface area contributed by atoms with Gasteiger partial charge in [0.25, 0.3) is 0 Å². The molecule has 138 valence electrons. The van der Waals surface area contributed by atoms with Crippen LogP contribution in [0.2, 0.25) is 0 Å². The van der Waals surface area contributed by atoms with Crippen LogP contribution < -0.4 is 14.8 Å². The molecule has 4 aromatic rings. The summed E-state index contributed by atoms with van der Waals surface area (Å²) in [6.45, 7) is 2.23. The predicted octanol–water partition coefficient (Wildman–Crippen LogP) is 4.44. The summed E-state index contributed by atoms with van der Waals surface area (Å²) in [4.78, 5) is 18.8. The molecule has 1 N–H and O–H groups in total. The Bertz CT molecular complexity index is 1150. The Balaban J connectivity index is 1.44. The van der Waals surface area contributed by atoms with Crippen LogP contribution in [0.5, 0.6) is 11.5 Å². The minimum atomic E-state index is 0.245. The smallest absolute Gasteiger partial charge is 0.231 e. The summed E-state index contributed by atoms with van der Waals surface area (Å²) >= 11 is 1.59. The van der Waals surface area contributed by atoms with Gasteiger partial charge in [0.2, 0.25) is 12.7 Å². The van der Waals surface area contributed by atoms with E-state index in [9.17, 15) is 0 Å². The van der Waals surface area contributed by atoms with Crippen molar-refractivity contribution < 1.29 is 9.47 Å². The van der Waals surface area contributed by atoms with Gasteiger partial charge in [-0.25, -0.2) is 15.0 Å². The predicted molar refractivity (Wildman–Crippen MR) is 107 cm³/mol. The summed E-state index contributed by atoms with van der Waals surface area (Å²) in [7, 11) is 0. The molecule has 4 heterocycles. The molecule has 3 aromatic heterocycles. The van der Waals surface area contributed by atoms with E-state index < -0.39 is 0 Å². The van der Waals surface area contributed by atoms with E-state index in [2.05, 4.69) is 25.3 Å². The summed E-state index contributed by atoms with van der Waals surface area (Å²) in [5, 5.41) is 4.14. The van der Waals surface area contributed by atoms with Gasteiger partial charge < -0.3 is 14.8 Å². The average molecular weight is 389 g/mol. The van der Waals surface area contributed by atoms with Gasteiger partial charge in [0.05, 0.1) is 16.3 Å². The fourth-order valence-electron chi connectivity index (χ4n) is 2.90. The van der Waals surface area contributed by atoms with E-state index in [0.717, 1.165) is 38.3 Å². The van der Waals surface area contributed by atoms with Crippen molar-refractivity contribution in [2.45, 2.75) is 6.92 Å². The van der Waals surface area contributed by atoms with Gasteiger partial charge in [-0.3, -0.25) is 4.98 Å². The number of hydrogen-bond acceptors (Lipinski definition) is 8. The van der Waals surface area contributed by atoms with Crippen LogP contribution in [-0.2, 0) is 0 Å². The van der Waals surface area contributed by atoms with Crippen molar-refractivity contribution in [2.75, 3.05) is 12.1 Å². The highest BCUT2D eigenvalue weighted by molar-refractivity contribution is 7.18. The topological polar surface area (TPSA) is 82.1 Å². The molecule has 0 aliphatic carbocycles. The van der Waals surface area contributed by atoms with Crippen LogP contribution in [-0.4, -0.2) is 26.7 Å². The van der Waals surface area contributed by atoms with E-state index in [1.165, 1.54) is 0 Å². The highest BCUT2D eigenvalue weighted by Gasteiger charge is 2.15. The number of fused-ring (bicyclic) bond motifs is 1. The number of pyridine rings is 1. The van der Waals surface area contributed by atoms with Crippen molar-refractivity contribution in [2.24, 2.45) is 0 Å². The fraction of sp³-hybridized carbons (Fsp3) is 0.100. The fourth-order valence-corrected chi connectivity index (χ4v) is 3.92. The van der Waals surface area contributed by atoms with E-state index >= 15 is 0 Å². The molecule has 0 spiro atoms. The third-order valence-electron chi connectivity index (χ3n) is 4.22. The number of thiazole rings is 1. The van der Waals surface area contributed by atoms with Gasteiger partial charge in [-0.05, 0) is 37.3 Å². The molecule has 7 nitrogen and oxygen atoms in total. The molecule has 0 saturated carbocycles. The van der Waals surface area contributed by atoms with Gasteiger partial charge in [0.15, 0.2) is 11.5 Å². The maximum absolute atomic E-state index is 5.42. The van der Waals surface area contributed by atoms with Crippen molar-refractivity contribution >= 4 is 23.0 Å². The lowest BCUT2D eigenvalue weighted by Gasteiger charge is -2.07. The van der Waals surface area contributed by atoms with Gasteiger partial charge in [0.1, 0.15) is 5.01 Å². The molecule has 1 aliphatic rings. The summed E-state index contributed by atoms with van der Waals surface area (Å²) in [6.07, 6.45) is 5.30. The first-order chi connectivity index (χ1) is 13.8. The molecule has 0 saturated heterocycles. The molecule has 1 aromatic carbocycles. The lowest BCUT2D eigenvalue weighted by atomic mass is 10.2. The molecular formula is C20H15N5O2S. The van der Waals surface area contributed by atoms with Crippen LogP contribution in [0.15, 0.2) is 55.0 Å². The van der Waals surface area contributed by atoms with Crippen molar-refractivity contribution in [3.8, 4) is 32.6 Å². The summed E-state index contributed by atoms with van der Waals surface area (Å²) in [5.74, 6) is 1.95. The minimum absolute atomic E-state index is 0.245. The zero-order valence-electron chi connectivity index (χ0n) is 14.9. The molecule has 5 rings (SSSR count). The second-order valence-electron chi connectivity index (χ2n) is 6.13. The van der Waals surface area contributed by atoms with E-state index in [1.807, 2.05) is 49.5 Å². The highest BCUT2D eigenvalue weighted by atomic mass is 32.1. The largest absolute Gasteiger partial charge is 0.454 e. The van der Waals surface area contributed by atoms with Crippen molar-refractivity contribution in [1.29, 1.82) is 0 Å². The minimum Gasteiger partial charge on any atom is -0.454 e. The van der Waals surface area contributed by atoms with Crippen LogP contribution in [0, 0.1) is 6.92 Å². The number of aryl methyl sites for hydroxylation is 1. The van der Waals surface area contributed by atoms with Crippen LogP contribution >= 0.6 is 11.3 Å². The molecule has 1 aliphatic heterocycles. The Morgan fingerprint density at radius 1 is 1.04 bits per heavy atom. The Morgan fingerprint density at radius 2 is 1.96 bits per heavy atom. The van der Waals surface area contributed by atoms with Gasteiger partial charge in [-0.1, -0.05) is 0 Å². The Morgan fingerprint density at radius 3 is 2.86 bits per heavy atom. The summed E-state index contributed by atoms with van der Waals surface area (Å²) in [5.41, 5.74) is 3.58. The number of ether oxygens (including phenoxy) is 2. The third kappa shape index (κ3) is 3.14. The van der Waals surface area contributed by atoms with Crippen molar-refractivity contribution in [3.63, 3.8) is 0 Å². The van der Waals surface area contributed by atoms with E-state index in [-0.39, 0.29) is 6.79 Å². The zero-order valence-corrected chi connectivity index (χ0v) is 15.7. The third-order valence-corrected chi connectivity index (χ3v) is 5.45. The van der Waals surface area contributed by atoms with Gasteiger partial charge in [-0.15, -0.1) is 11.3 Å². The number of rotatable bonds is 4. The number of nitrogens with zero attached hydrogens (tertiary/aromatic N) is 4. The van der Waals surface area contributed by atoms with Crippen molar-refractivity contribution in [3.05, 3.63) is 60.7 Å². The van der Waals surface area contributed by atoms with Gasteiger partial charge in [-0.2, -0.15) is 0 Å². The molecule has 0 radical (unpaired) electrons. The first-order valence-corrected chi connectivity index (χ1v) is 9.46. The average Bonchev–Trinajstić information content (AvgIpc) is 3.35. The van der Waals surface area contributed by atoms with E-state index in [0.29, 0.717) is 11.7 Å². The monoisotopic (exact) mass is 389 g/mol. The number of hydrogen-bond donors (Lipinski definition) is 1. The second-order valence-corrected chi connectivity index (χ2v) is 7.13. The van der Waals surface area contributed by atoms with Crippen LogP contribution in [0.1, 0.15) is 5.69 Å². The number of anilines is 2. The van der Waals surface area contributed by atoms with E-state index in [1.54, 1.807) is 23.7 Å². The van der Waals surface area contributed by atoms with Gasteiger partial charge >= 0.3 is 0 Å². The normalized spacial score (nSPS) is 12.2. The second kappa shape index (κ2) is 6.90. The van der Waals surface area contributed by atoms with Crippen LogP contribution in [0.25, 0.3) is 21.1 Å². The molecule has 0 atom stereocenters. The van der Waals surface area contributed by atoms with Crippen molar-refractivity contribution in [1.82, 2.24) is 19.9 Å². The maximum atomic E-state index is 5.42. The first kappa shape index (κ1) is 16.6. The molecule has 0 unspecified atom stereocenters. The number of nitrogens with one attached hydrogen (secondary N) is 1. The molecular weight excluding hydrogens is 374 g/mol. The summed E-state index contributed by atoms with van der Waals surface area (Å²) < 4.78 is 10.8. The number of aromatic nitrogens is 4. The molecule has 8 heteroatoms. The molecule has 28 heavy (non-hydrogen) atoms. The highest BCUT2D eigenvalue weighted by Crippen LogP contribution is 2.36.